The molecule has 3 nitrogen and oxygen atoms in total. The summed E-state index contributed by atoms with van der Waals surface area (Å²) in [6, 6.07) is 0. The van der Waals surface area contributed by atoms with E-state index < -0.39 is 5.41 Å². The van der Waals surface area contributed by atoms with E-state index in [0.29, 0.717) is 24.4 Å². The molecule has 0 saturated carbocycles. The maximum atomic E-state index is 13.8. The zero-order chi connectivity index (χ0) is 10.8. The lowest BCUT2D eigenvalue weighted by atomic mass is 9.88. The number of aryl methyl sites for hydroxylation is 1. The molecule has 1 aromatic heterocycles. The predicted octanol–water partition coefficient (Wildman–Crippen LogP) is 1.41. The van der Waals surface area contributed by atoms with Gasteiger partial charge >= 0.3 is 0 Å². The second-order valence-electron chi connectivity index (χ2n) is 3.92. The van der Waals surface area contributed by atoms with Crippen LogP contribution in [-0.2, 0) is 11.8 Å². The zero-order valence-corrected chi connectivity index (χ0v) is 8.84. The Kier molecular flexibility index (Phi) is 3.16. The van der Waals surface area contributed by atoms with Crippen LogP contribution >= 0.6 is 0 Å². The Hall–Kier alpha value is -1.03. The largest absolute Gasteiger partial charge is 0.330 e. The summed E-state index contributed by atoms with van der Waals surface area (Å²) in [6.45, 7) is 5.98. The lowest BCUT2D eigenvalue weighted by Crippen LogP contribution is -2.31. The van der Waals surface area contributed by atoms with Crippen molar-refractivity contribution in [1.82, 2.24) is 9.97 Å². The predicted molar refractivity (Wildman–Crippen MR) is 53.4 cm³/mol. The smallest absolute Gasteiger partial charge is 0.166 e. The van der Waals surface area contributed by atoms with Gasteiger partial charge < -0.3 is 5.73 Å². The molecule has 78 valence electrons. The van der Waals surface area contributed by atoms with Gasteiger partial charge in [-0.15, -0.1) is 0 Å². The fourth-order valence-corrected chi connectivity index (χ4v) is 1.22. The van der Waals surface area contributed by atoms with Gasteiger partial charge in [0, 0.05) is 12.0 Å². The van der Waals surface area contributed by atoms with E-state index in [1.165, 1.54) is 6.33 Å². The lowest BCUT2D eigenvalue weighted by Gasteiger charge is -2.22. The molecule has 0 fully saturated rings. The van der Waals surface area contributed by atoms with Crippen LogP contribution in [0.1, 0.15) is 32.2 Å². The number of hydrogen-bond donors (Lipinski definition) is 1. The van der Waals surface area contributed by atoms with E-state index >= 15 is 0 Å². The molecule has 0 radical (unpaired) electrons. The average molecular weight is 197 g/mol. The first-order valence-electron chi connectivity index (χ1n) is 4.73. The summed E-state index contributed by atoms with van der Waals surface area (Å²) in [6.07, 6.45) is 1.97. The van der Waals surface area contributed by atoms with Crippen molar-refractivity contribution in [2.45, 2.75) is 32.6 Å². The van der Waals surface area contributed by atoms with Crippen LogP contribution in [0.25, 0.3) is 0 Å². The molecule has 0 aliphatic carbocycles. The topological polar surface area (TPSA) is 51.8 Å². The van der Waals surface area contributed by atoms with Gasteiger partial charge in [-0.05, 0) is 6.42 Å². The molecule has 1 rings (SSSR count). The average Bonchev–Trinajstić information content (AvgIpc) is 2.18. The second kappa shape index (κ2) is 4.00. The highest BCUT2D eigenvalue weighted by atomic mass is 19.1. The molecular formula is C10H16FN3. The quantitative estimate of drug-likeness (QED) is 0.797. The third-order valence-electron chi connectivity index (χ3n) is 2.35. The molecule has 0 saturated heterocycles. The maximum absolute atomic E-state index is 13.8. The number of nitrogens with zero attached hydrogens (tertiary/aromatic N) is 2. The Balaban J connectivity index is 3.22. The van der Waals surface area contributed by atoms with Crippen molar-refractivity contribution in [1.29, 1.82) is 0 Å². The van der Waals surface area contributed by atoms with Crippen LogP contribution in [0.4, 0.5) is 4.39 Å². The van der Waals surface area contributed by atoms with Gasteiger partial charge in [0.25, 0.3) is 0 Å². The van der Waals surface area contributed by atoms with Crippen molar-refractivity contribution in [2.24, 2.45) is 5.73 Å². The number of halogens is 1. The normalized spacial score (nSPS) is 11.8. The summed E-state index contributed by atoms with van der Waals surface area (Å²) >= 11 is 0. The molecule has 4 heteroatoms. The van der Waals surface area contributed by atoms with Crippen molar-refractivity contribution in [3.8, 4) is 0 Å². The summed E-state index contributed by atoms with van der Waals surface area (Å²) in [5, 5.41) is 0. The van der Waals surface area contributed by atoms with Crippen LogP contribution in [0.5, 0.6) is 0 Å². The summed E-state index contributed by atoms with van der Waals surface area (Å²) in [4.78, 5) is 7.84. The maximum Gasteiger partial charge on any atom is 0.166 e. The standard InChI is InChI=1S/C10H16FN3/c1-4-7-8(11)9(14-6-13-7)10(2,3)5-12/h6H,4-5,12H2,1-3H3. The Morgan fingerprint density at radius 3 is 2.57 bits per heavy atom. The van der Waals surface area contributed by atoms with Gasteiger partial charge in [0.1, 0.15) is 6.33 Å². The number of hydrogen-bond acceptors (Lipinski definition) is 3. The minimum absolute atomic E-state index is 0.314. The molecule has 0 atom stereocenters. The summed E-state index contributed by atoms with van der Waals surface area (Å²) < 4.78 is 13.8. The van der Waals surface area contributed by atoms with Crippen molar-refractivity contribution < 1.29 is 4.39 Å². The summed E-state index contributed by atoms with van der Waals surface area (Å²) in [5.74, 6) is -0.314. The number of aromatic nitrogens is 2. The molecular weight excluding hydrogens is 181 g/mol. The first-order valence-corrected chi connectivity index (χ1v) is 4.73. The highest BCUT2D eigenvalue weighted by Crippen LogP contribution is 2.23. The van der Waals surface area contributed by atoms with Crippen LogP contribution in [0.2, 0.25) is 0 Å². The second-order valence-corrected chi connectivity index (χ2v) is 3.92. The van der Waals surface area contributed by atoms with Crippen molar-refractivity contribution in [3.05, 3.63) is 23.5 Å². The molecule has 1 aromatic rings. The van der Waals surface area contributed by atoms with Crippen LogP contribution in [0.3, 0.4) is 0 Å². The molecule has 0 amide bonds. The third kappa shape index (κ3) is 1.90. The molecule has 0 spiro atoms. The fourth-order valence-electron chi connectivity index (χ4n) is 1.22. The SMILES string of the molecule is CCc1ncnc(C(C)(C)CN)c1F. The molecule has 2 N–H and O–H groups in total. The van der Waals surface area contributed by atoms with Gasteiger partial charge in [0.15, 0.2) is 5.82 Å². The Morgan fingerprint density at radius 2 is 2.07 bits per heavy atom. The van der Waals surface area contributed by atoms with E-state index in [2.05, 4.69) is 9.97 Å². The molecule has 0 aromatic carbocycles. The van der Waals surface area contributed by atoms with Crippen molar-refractivity contribution in [3.63, 3.8) is 0 Å². The van der Waals surface area contributed by atoms with Crippen molar-refractivity contribution in [2.75, 3.05) is 6.54 Å². The monoisotopic (exact) mass is 197 g/mol. The zero-order valence-electron chi connectivity index (χ0n) is 8.84. The Morgan fingerprint density at radius 1 is 1.43 bits per heavy atom. The van der Waals surface area contributed by atoms with Crippen LogP contribution < -0.4 is 5.73 Å². The van der Waals surface area contributed by atoms with E-state index in [1.807, 2.05) is 20.8 Å². The fraction of sp³-hybridized carbons (Fsp3) is 0.600. The number of nitrogens with two attached hydrogens (primary N) is 1. The first-order chi connectivity index (χ1) is 6.53. The van der Waals surface area contributed by atoms with E-state index in [0.717, 1.165) is 0 Å². The van der Waals surface area contributed by atoms with Gasteiger partial charge in [-0.2, -0.15) is 0 Å². The molecule has 0 bridgehead atoms. The Bertz CT molecular complexity index is 323. The van der Waals surface area contributed by atoms with E-state index in [-0.39, 0.29) is 5.82 Å². The number of rotatable bonds is 3. The molecule has 14 heavy (non-hydrogen) atoms. The highest BCUT2D eigenvalue weighted by Gasteiger charge is 2.25. The van der Waals surface area contributed by atoms with Crippen LogP contribution in [0.15, 0.2) is 6.33 Å². The molecule has 0 aliphatic rings. The minimum atomic E-state index is -0.434. The minimum Gasteiger partial charge on any atom is -0.330 e. The van der Waals surface area contributed by atoms with Gasteiger partial charge in [-0.1, -0.05) is 20.8 Å². The van der Waals surface area contributed by atoms with Crippen LogP contribution in [-0.4, -0.2) is 16.5 Å². The lowest BCUT2D eigenvalue weighted by molar-refractivity contribution is 0.464. The summed E-state index contributed by atoms with van der Waals surface area (Å²) in [5.41, 5.74) is 6.00. The van der Waals surface area contributed by atoms with Crippen LogP contribution in [0, 0.1) is 5.82 Å². The van der Waals surface area contributed by atoms with E-state index in [9.17, 15) is 4.39 Å². The molecule has 1 heterocycles. The van der Waals surface area contributed by atoms with Crippen molar-refractivity contribution >= 4 is 0 Å². The Labute approximate surface area is 83.6 Å². The van der Waals surface area contributed by atoms with Gasteiger partial charge in [-0.25, -0.2) is 14.4 Å². The summed E-state index contributed by atoms with van der Waals surface area (Å²) in [7, 11) is 0. The van der Waals surface area contributed by atoms with E-state index in [1.54, 1.807) is 0 Å². The highest BCUT2D eigenvalue weighted by molar-refractivity contribution is 5.20. The van der Waals surface area contributed by atoms with Gasteiger partial charge in [-0.3, -0.25) is 0 Å². The van der Waals surface area contributed by atoms with Gasteiger partial charge in [0.2, 0.25) is 0 Å². The molecule has 0 unspecified atom stereocenters. The first kappa shape index (κ1) is 11.0. The molecule has 0 aliphatic heterocycles. The van der Waals surface area contributed by atoms with E-state index in [4.69, 9.17) is 5.73 Å². The third-order valence-corrected chi connectivity index (χ3v) is 2.35. The van der Waals surface area contributed by atoms with Gasteiger partial charge in [0.05, 0.1) is 11.4 Å².